The number of thioether (sulfide) groups is 1. The number of hydrogen-bond acceptors (Lipinski definition) is 7. The zero-order chi connectivity index (χ0) is 22.4. The van der Waals surface area contributed by atoms with Crippen LogP contribution in [0.3, 0.4) is 0 Å². The van der Waals surface area contributed by atoms with Gasteiger partial charge in [0.25, 0.3) is 0 Å². The summed E-state index contributed by atoms with van der Waals surface area (Å²) < 4.78 is 29.8. The monoisotopic (exact) mass is 461 g/mol. The van der Waals surface area contributed by atoms with Gasteiger partial charge in [0.2, 0.25) is 15.9 Å². The molecule has 1 aromatic carbocycles. The molecule has 164 valence electrons. The Morgan fingerprint density at radius 2 is 2.03 bits per heavy atom. The van der Waals surface area contributed by atoms with Gasteiger partial charge in [0, 0.05) is 13.1 Å². The van der Waals surface area contributed by atoms with Gasteiger partial charge >= 0.3 is 0 Å². The van der Waals surface area contributed by atoms with Crippen molar-refractivity contribution in [1.82, 2.24) is 20.1 Å². The molecule has 1 amide bonds. The number of hydrogen-bond donors (Lipinski definition) is 2. The molecule has 0 atom stereocenters. The quantitative estimate of drug-likeness (QED) is 0.349. The summed E-state index contributed by atoms with van der Waals surface area (Å²) in [7, 11) is -3.71. The number of nitrogens with one attached hydrogen (secondary N) is 1. The Morgan fingerprint density at radius 1 is 1.29 bits per heavy atom. The number of sulfonamides is 1. The van der Waals surface area contributed by atoms with Gasteiger partial charge in [-0.3, -0.25) is 9.36 Å². The first-order valence-corrected chi connectivity index (χ1v) is 11.9. The van der Waals surface area contributed by atoms with Crippen molar-refractivity contribution in [2.75, 3.05) is 12.3 Å². The van der Waals surface area contributed by atoms with E-state index in [1.54, 1.807) is 24.5 Å². The van der Waals surface area contributed by atoms with E-state index in [0.717, 1.165) is 16.9 Å². The van der Waals surface area contributed by atoms with Crippen LogP contribution in [0, 0.1) is 6.92 Å². The topological polar surface area (TPSA) is 133 Å². The lowest BCUT2D eigenvalue weighted by molar-refractivity contribution is -0.118. The highest BCUT2D eigenvalue weighted by molar-refractivity contribution is 7.99. The molecule has 0 unspecified atom stereocenters. The van der Waals surface area contributed by atoms with Crippen LogP contribution in [0.4, 0.5) is 0 Å². The number of primary sulfonamides is 1. The molecule has 11 heteroatoms. The Hall–Kier alpha value is -2.89. The number of carbonyl (C=O) groups excluding carboxylic acids is 1. The van der Waals surface area contributed by atoms with Gasteiger partial charge in [-0.15, -0.1) is 16.8 Å². The SMILES string of the molecule is C=CCn1c(SCC(=O)NCCc2ccc(S(N)(=O)=O)cc2)nnc1-c1ccoc1C. The van der Waals surface area contributed by atoms with Crippen molar-refractivity contribution in [2.45, 2.75) is 29.9 Å². The van der Waals surface area contributed by atoms with E-state index in [9.17, 15) is 13.2 Å². The minimum Gasteiger partial charge on any atom is -0.469 e. The van der Waals surface area contributed by atoms with Crippen LogP contribution in [-0.4, -0.2) is 41.4 Å². The summed E-state index contributed by atoms with van der Waals surface area (Å²) in [6.07, 6.45) is 3.91. The van der Waals surface area contributed by atoms with Gasteiger partial charge in [-0.25, -0.2) is 13.6 Å². The zero-order valence-electron chi connectivity index (χ0n) is 16.9. The summed E-state index contributed by atoms with van der Waals surface area (Å²) in [5, 5.41) is 17.0. The molecule has 0 aliphatic heterocycles. The molecule has 0 bridgehead atoms. The smallest absolute Gasteiger partial charge is 0.238 e. The Labute approximate surface area is 184 Å². The second-order valence-electron chi connectivity index (χ2n) is 6.67. The van der Waals surface area contributed by atoms with E-state index >= 15 is 0 Å². The van der Waals surface area contributed by atoms with Crippen molar-refractivity contribution in [1.29, 1.82) is 0 Å². The molecule has 3 N–H and O–H groups in total. The average Bonchev–Trinajstić information content (AvgIpc) is 3.32. The number of furan rings is 1. The van der Waals surface area contributed by atoms with Crippen LogP contribution >= 0.6 is 11.8 Å². The lowest BCUT2D eigenvalue weighted by Crippen LogP contribution is -2.27. The van der Waals surface area contributed by atoms with Crippen molar-refractivity contribution in [3.8, 4) is 11.4 Å². The van der Waals surface area contributed by atoms with Gasteiger partial charge in [0.15, 0.2) is 11.0 Å². The molecule has 31 heavy (non-hydrogen) atoms. The molecule has 0 radical (unpaired) electrons. The predicted molar refractivity (Wildman–Crippen MR) is 118 cm³/mol. The van der Waals surface area contributed by atoms with Gasteiger partial charge in [-0.2, -0.15) is 0 Å². The number of aryl methyl sites for hydroxylation is 1. The van der Waals surface area contributed by atoms with Crippen LogP contribution in [0.5, 0.6) is 0 Å². The molecule has 3 aromatic rings. The molecule has 0 aliphatic carbocycles. The third-order valence-electron chi connectivity index (χ3n) is 4.45. The summed E-state index contributed by atoms with van der Waals surface area (Å²) in [4.78, 5) is 12.3. The number of allylic oxidation sites excluding steroid dienone is 1. The lowest BCUT2D eigenvalue weighted by Gasteiger charge is -2.08. The molecule has 0 saturated heterocycles. The Balaban J connectivity index is 1.53. The fourth-order valence-electron chi connectivity index (χ4n) is 2.88. The summed E-state index contributed by atoms with van der Waals surface area (Å²) >= 11 is 1.29. The van der Waals surface area contributed by atoms with Crippen LogP contribution in [0.1, 0.15) is 11.3 Å². The third kappa shape index (κ3) is 5.84. The highest BCUT2D eigenvalue weighted by atomic mass is 32.2. The zero-order valence-corrected chi connectivity index (χ0v) is 18.6. The molecule has 0 spiro atoms. The number of nitrogens with zero attached hydrogens (tertiary/aromatic N) is 3. The van der Waals surface area contributed by atoms with E-state index in [1.807, 2.05) is 17.6 Å². The van der Waals surface area contributed by atoms with E-state index in [1.165, 1.54) is 23.9 Å². The van der Waals surface area contributed by atoms with Crippen LogP contribution in [0.2, 0.25) is 0 Å². The number of nitrogens with two attached hydrogens (primary N) is 1. The summed E-state index contributed by atoms with van der Waals surface area (Å²) in [5.41, 5.74) is 1.74. The fourth-order valence-corrected chi connectivity index (χ4v) is 4.17. The minimum atomic E-state index is -3.71. The van der Waals surface area contributed by atoms with E-state index < -0.39 is 10.0 Å². The molecule has 2 heterocycles. The van der Waals surface area contributed by atoms with Crippen LogP contribution in [0.25, 0.3) is 11.4 Å². The molecule has 0 aliphatic rings. The normalized spacial score (nSPS) is 11.4. The number of aromatic nitrogens is 3. The second kappa shape index (κ2) is 9.94. The minimum absolute atomic E-state index is 0.0605. The molecule has 0 saturated carbocycles. The van der Waals surface area contributed by atoms with Crippen LogP contribution < -0.4 is 10.5 Å². The standard InChI is InChI=1S/C20H23N5O4S2/c1-3-11-25-19(17-9-12-29-14(17)2)23-24-20(25)30-13-18(26)22-10-8-15-4-6-16(7-5-15)31(21,27)28/h3-7,9,12H,1,8,10-11,13H2,2H3,(H,22,26)(H2,21,27,28). The Bertz CT molecular complexity index is 1170. The van der Waals surface area contributed by atoms with Gasteiger partial charge in [-0.1, -0.05) is 30.0 Å². The summed E-state index contributed by atoms with van der Waals surface area (Å²) in [6, 6.07) is 8.09. The van der Waals surface area contributed by atoms with E-state index in [0.29, 0.717) is 30.5 Å². The maximum absolute atomic E-state index is 12.2. The van der Waals surface area contributed by atoms with Crippen molar-refractivity contribution < 1.29 is 17.6 Å². The number of amides is 1. The molecule has 0 fully saturated rings. The van der Waals surface area contributed by atoms with Crippen molar-refractivity contribution >= 4 is 27.7 Å². The number of carbonyl (C=O) groups is 1. The van der Waals surface area contributed by atoms with E-state index in [2.05, 4.69) is 22.1 Å². The highest BCUT2D eigenvalue weighted by Crippen LogP contribution is 2.27. The van der Waals surface area contributed by atoms with Gasteiger partial charge < -0.3 is 9.73 Å². The van der Waals surface area contributed by atoms with Gasteiger partial charge in [-0.05, 0) is 37.1 Å². The first-order chi connectivity index (χ1) is 14.8. The Kier molecular flexibility index (Phi) is 7.31. The maximum atomic E-state index is 12.2. The van der Waals surface area contributed by atoms with Crippen LogP contribution in [0.15, 0.2) is 63.7 Å². The summed E-state index contributed by atoms with van der Waals surface area (Å²) in [5.74, 6) is 1.45. The van der Waals surface area contributed by atoms with E-state index in [-0.39, 0.29) is 16.6 Å². The molecule has 9 nitrogen and oxygen atoms in total. The van der Waals surface area contributed by atoms with E-state index in [4.69, 9.17) is 9.56 Å². The summed E-state index contributed by atoms with van der Waals surface area (Å²) in [6.45, 7) is 6.56. The van der Waals surface area contributed by atoms with Crippen molar-refractivity contribution in [3.63, 3.8) is 0 Å². The predicted octanol–water partition coefficient (Wildman–Crippen LogP) is 2.13. The second-order valence-corrected chi connectivity index (χ2v) is 9.18. The van der Waals surface area contributed by atoms with Gasteiger partial charge in [0.1, 0.15) is 5.76 Å². The molecular weight excluding hydrogens is 438 g/mol. The molecule has 3 rings (SSSR count). The van der Waals surface area contributed by atoms with Gasteiger partial charge in [0.05, 0.1) is 22.5 Å². The lowest BCUT2D eigenvalue weighted by atomic mass is 10.1. The highest BCUT2D eigenvalue weighted by Gasteiger charge is 2.17. The first-order valence-electron chi connectivity index (χ1n) is 9.39. The van der Waals surface area contributed by atoms with Crippen molar-refractivity contribution in [3.05, 3.63) is 60.6 Å². The fraction of sp³-hybridized carbons (Fsp3) is 0.250. The van der Waals surface area contributed by atoms with Crippen molar-refractivity contribution in [2.24, 2.45) is 5.14 Å². The maximum Gasteiger partial charge on any atom is 0.238 e. The third-order valence-corrected chi connectivity index (χ3v) is 6.34. The Morgan fingerprint density at radius 3 is 2.65 bits per heavy atom. The number of benzene rings is 1. The average molecular weight is 462 g/mol. The molecule has 2 aromatic heterocycles. The number of rotatable bonds is 10. The molecular formula is C20H23N5O4S2. The first kappa shape index (κ1) is 22.8. The van der Waals surface area contributed by atoms with Crippen LogP contribution in [-0.2, 0) is 27.8 Å². The largest absolute Gasteiger partial charge is 0.469 e.